The molecule has 0 aliphatic heterocycles. The van der Waals surface area contributed by atoms with Gasteiger partial charge in [0, 0.05) is 4.83 Å². The van der Waals surface area contributed by atoms with E-state index in [1.54, 1.807) is 0 Å². The van der Waals surface area contributed by atoms with Gasteiger partial charge in [-0.15, -0.1) is 0 Å². The van der Waals surface area contributed by atoms with Crippen molar-refractivity contribution in [2.75, 3.05) is 0 Å². The highest BCUT2D eigenvalue weighted by molar-refractivity contribution is 9.09. The van der Waals surface area contributed by atoms with Crippen LogP contribution in [-0.4, -0.2) is 4.83 Å². The highest BCUT2D eigenvalue weighted by Gasteiger charge is 1.80. The summed E-state index contributed by atoms with van der Waals surface area (Å²) < 4.78 is 0. The van der Waals surface area contributed by atoms with Crippen LogP contribution in [-0.2, 0) is 0 Å². The molecular weight excluding hydrogens is 152 g/mol. The standard InChI is InChI=1S/C6H11Br/c1-3-4-5-6(2)7/h4-6H,3H2,1-2H3. The van der Waals surface area contributed by atoms with Crippen molar-refractivity contribution < 1.29 is 0 Å². The molecule has 0 aromatic rings. The summed E-state index contributed by atoms with van der Waals surface area (Å²) in [5, 5.41) is 0. The summed E-state index contributed by atoms with van der Waals surface area (Å²) in [6.07, 6.45) is 5.43. The monoisotopic (exact) mass is 162 g/mol. The fraction of sp³-hybridized carbons (Fsp3) is 0.667. The Morgan fingerprint density at radius 1 is 1.71 bits per heavy atom. The zero-order valence-electron chi connectivity index (χ0n) is 4.82. The summed E-state index contributed by atoms with van der Waals surface area (Å²) in [5.74, 6) is 0. The largest absolute Gasteiger partial charge is 0.0877 e. The molecule has 0 bridgehead atoms. The fourth-order valence-electron chi connectivity index (χ4n) is 0.324. The highest BCUT2D eigenvalue weighted by Crippen LogP contribution is 1.98. The fourth-order valence-corrected chi connectivity index (χ4v) is 0.539. The molecule has 0 heterocycles. The molecule has 0 saturated carbocycles. The van der Waals surface area contributed by atoms with Crippen LogP contribution in [0.3, 0.4) is 0 Å². The second-order valence-electron chi connectivity index (χ2n) is 1.51. The first-order valence-electron chi connectivity index (χ1n) is 2.58. The first kappa shape index (κ1) is 7.22. The Morgan fingerprint density at radius 3 is 2.43 bits per heavy atom. The Morgan fingerprint density at radius 2 is 2.29 bits per heavy atom. The third kappa shape index (κ3) is 6.22. The predicted molar refractivity (Wildman–Crippen MR) is 37.8 cm³/mol. The highest BCUT2D eigenvalue weighted by atomic mass is 79.9. The smallest absolute Gasteiger partial charge is 0.0297 e. The van der Waals surface area contributed by atoms with Gasteiger partial charge < -0.3 is 0 Å². The molecule has 0 aromatic heterocycles. The minimum absolute atomic E-state index is 0.535. The molecule has 0 rings (SSSR count). The van der Waals surface area contributed by atoms with Gasteiger partial charge in [-0.3, -0.25) is 0 Å². The lowest BCUT2D eigenvalue weighted by molar-refractivity contribution is 1.18. The third-order valence-corrected chi connectivity index (χ3v) is 0.942. The van der Waals surface area contributed by atoms with E-state index >= 15 is 0 Å². The minimum atomic E-state index is 0.535. The van der Waals surface area contributed by atoms with E-state index in [0.29, 0.717) is 4.83 Å². The summed E-state index contributed by atoms with van der Waals surface area (Å²) in [6.45, 7) is 4.23. The maximum absolute atomic E-state index is 3.39. The quantitative estimate of drug-likeness (QED) is 0.433. The first-order valence-corrected chi connectivity index (χ1v) is 3.49. The SMILES string of the molecule is CCC=CC(C)Br. The van der Waals surface area contributed by atoms with Crippen LogP contribution in [0.15, 0.2) is 12.2 Å². The molecule has 0 aromatic carbocycles. The maximum Gasteiger partial charge on any atom is 0.0297 e. The van der Waals surface area contributed by atoms with Gasteiger partial charge in [0.05, 0.1) is 0 Å². The van der Waals surface area contributed by atoms with Crippen molar-refractivity contribution in [2.45, 2.75) is 25.1 Å². The molecule has 0 aliphatic rings. The molecule has 0 spiro atoms. The Labute approximate surface area is 53.7 Å². The van der Waals surface area contributed by atoms with Crippen LogP contribution in [0.2, 0.25) is 0 Å². The van der Waals surface area contributed by atoms with Crippen LogP contribution >= 0.6 is 15.9 Å². The van der Waals surface area contributed by atoms with E-state index < -0.39 is 0 Å². The van der Waals surface area contributed by atoms with Crippen LogP contribution in [0, 0.1) is 0 Å². The number of halogens is 1. The van der Waals surface area contributed by atoms with Gasteiger partial charge in [0.25, 0.3) is 0 Å². The number of hydrogen-bond donors (Lipinski definition) is 0. The summed E-state index contributed by atoms with van der Waals surface area (Å²) in [6, 6.07) is 0. The Bertz CT molecular complexity index is 55.2. The average molecular weight is 163 g/mol. The summed E-state index contributed by atoms with van der Waals surface area (Å²) in [7, 11) is 0. The molecule has 1 heteroatoms. The molecule has 0 nitrogen and oxygen atoms in total. The van der Waals surface area contributed by atoms with Gasteiger partial charge in [0.2, 0.25) is 0 Å². The van der Waals surface area contributed by atoms with Crippen molar-refractivity contribution in [3.63, 3.8) is 0 Å². The van der Waals surface area contributed by atoms with E-state index in [9.17, 15) is 0 Å². The molecule has 1 unspecified atom stereocenters. The van der Waals surface area contributed by atoms with Crippen LogP contribution in [0.25, 0.3) is 0 Å². The summed E-state index contributed by atoms with van der Waals surface area (Å²) in [5.41, 5.74) is 0. The second kappa shape index (κ2) is 4.38. The van der Waals surface area contributed by atoms with Crippen LogP contribution in [0.1, 0.15) is 20.3 Å². The van der Waals surface area contributed by atoms with Gasteiger partial charge in [0.15, 0.2) is 0 Å². The number of alkyl halides is 1. The number of hydrogen-bond acceptors (Lipinski definition) is 0. The van der Waals surface area contributed by atoms with Crippen molar-refractivity contribution in [1.29, 1.82) is 0 Å². The molecule has 42 valence electrons. The van der Waals surface area contributed by atoms with E-state index in [2.05, 4.69) is 41.9 Å². The van der Waals surface area contributed by atoms with Crippen LogP contribution in [0.5, 0.6) is 0 Å². The lowest BCUT2D eigenvalue weighted by Crippen LogP contribution is -1.77. The van der Waals surface area contributed by atoms with E-state index in [0.717, 1.165) is 6.42 Å². The van der Waals surface area contributed by atoms with Crippen LogP contribution in [0.4, 0.5) is 0 Å². The normalized spacial score (nSPS) is 15.3. The lowest BCUT2D eigenvalue weighted by Gasteiger charge is -1.86. The second-order valence-corrected chi connectivity index (χ2v) is 2.96. The van der Waals surface area contributed by atoms with E-state index in [1.165, 1.54) is 0 Å². The molecule has 1 atom stereocenters. The van der Waals surface area contributed by atoms with E-state index in [4.69, 9.17) is 0 Å². The topological polar surface area (TPSA) is 0 Å². The molecular formula is C6H11Br. The predicted octanol–water partition coefficient (Wildman–Crippen LogP) is 2.74. The van der Waals surface area contributed by atoms with Gasteiger partial charge in [-0.2, -0.15) is 0 Å². The zero-order chi connectivity index (χ0) is 5.70. The van der Waals surface area contributed by atoms with Gasteiger partial charge in [-0.25, -0.2) is 0 Å². The minimum Gasteiger partial charge on any atom is -0.0877 e. The number of allylic oxidation sites excluding steroid dienone is 2. The average Bonchev–Trinajstić information content (AvgIpc) is 1.61. The van der Waals surface area contributed by atoms with Gasteiger partial charge >= 0.3 is 0 Å². The molecule has 0 radical (unpaired) electrons. The van der Waals surface area contributed by atoms with Crippen molar-refractivity contribution in [1.82, 2.24) is 0 Å². The Hall–Kier alpha value is 0.220. The zero-order valence-corrected chi connectivity index (χ0v) is 6.40. The number of rotatable bonds is 2. The Kier molecular flexibility index (Phi) is 4.52. The summed E-state index contributed by atoms with van der Waals surface area (Å²) >= 11 is 3.39. The van der Waals surface area contributed by atoms with Gasteiger partial charge in [0.1, 0.15) is 0 Å². The van der Waals surface area contributed by atoms with E-state index in [1.807, 2.05) is 0 Å². The summed E-state index contributed by atoms with van der Waals surface area (Å²) in [4.78, 5) is 0.535. The lowest BCUT2D eigenvalue weighted by atomic mass is 10.4. The van der Waals surface area contributed by atoms with Crippen molar-refractivity contribution in [3.05, 3.63) is 12.2 Å². The molecule has 7 heavy (non-hydrogen) atoms. The molecule has 0 saturated heterocycles. The van der Waals surface area contributed by atoms with Gasteiger partial charge in [-0.05, 0) is 13.3 Å². The van der Waals surface area contributed by atoms with Crippen molar-refractivity contribution in [2.24, 2.45) is 0 Å². The maximum atomic E-state index is 3.39. The van der Waals surface area contributed by atoms with Gasteiger partial charge in [-0.1, -0.05) is 35.0 Å². The molecule has 0 aliphatic carbocycles. The first-order chi connectivity index (χ1) is 3.27. The Balaban J connectivity index is 3.08. The van der Waals surface area contributed by atoms with E-state index in [-0.39, 0.29) is 0 Å². The third-order valence-electron chi connectivity index (χ3n) is 0.637. The molecule has 0 fully saturated rings. The molecule has 0 N–H and O–H groups in total. The van der Waals surface area contributed by atoms with Crippen LogP contribution < -0.4 is 0 Å². The van der Waals surface area contributed by atoms with Crippen molar-refractivity contribution in [3.8, 4) is 0 Å². The molecule has 0 amide bonds. The van der Waals surface area contributed by atoms with Crippen molar-refractivity contribution >= 4 is 15.9 Å².